The monoisotopic (exact) mass is 395 g/mol. The number of hydrogen-bond donors (Lipinski definition) is 3. The lowest BCUT2D eigenvalue weighted by Gasteiger charge is -2.30. The number of aliphatic carboxylic acids is 1. The van der Waals surface area contributed by atoms with Gasteiger partial charge in [-0.1, -0.05) is 30.3 Å². The molecule has 3 rings (SSSR count). The van der Waals surface area contributed by atoms with E-state index in [4.69, 9.17) is 5.11 Å². The normalized spacial score (nSPS) is 16.1. The summed E-state index contributed by atoms with van der Waals surface area (Å²) in [5.41, 5.74) is 2.24. The molecule has 0 radical (unpaired) electrons. The maximum Gasteiger partial charge on any atom is 0.321 e. The number of nitrogens with one attached hydrogen (secondary N) is 2. The van der Waals surface area contributed by atoms with Crippen molar-refractivity contribution in [3.05, 3.63) is 65.7 Å². The Balaban J connectivity index is 1.48. The number of carbonyl (C=O) groups is 3. The van der Waals surface area contributed by atoms with Crippen LogP contribution in [0.5, 0.6) is 0 Å². The molecule has 2 aromatic rings. The molecular formula is C22H25N3O4. The Labute approximate surface area is 169 Å². The van der Waals surface area contributed by atoms with Gasteiger partial charge in [0.25, 0.3) is 5.91 Å². The molecule has 0 spiro atoms. The van der Waals surface area contributed by atoms with Crippen LogP contribution in [0.2, 0.25) is 0 Å². The fraction of sp³-hybridized carbons (Fsp3) is 0.318. The van der Waals surface area contributed by atoms with Crippen molar-refractivity contribution in [2.45, 2.75) is 19.3 Å². The van der Waals surface area contributed by atoms with Crippen LogP contribution in [0.4, 0.5) is 10.5 Å². The lowest BCUT2D eigenvalue weighted by molar-refractivity contribution is -0.143. The second kappa shape index (κ2) is 9.73. The zero-order chi connectivity index (χ0) is 20.6. The molecule has 0 aliphatic carbocycles. The second-order valence-electron chi connectivity index (χ2n) is 7.12. The molecule has 152 valence electrons. The van der Waals surface area contributed by atoms with Gasteiger partial charge in [-0.05, 0) is 49.1 Å². The third-order valence-corrected chi connectivity index (χ3v) is 5.00. The van der Waals surface area contributed by atoms with Crippen LogP contribution in [0.25, 0.3) is 0 Å². The van der Waals surface area contributed by atoms with Gasteiger partial charge in [0, 0.05) is 30.9 Å². The molecular weight excluding hydrogens is 370 g/mol. The topological polar surface area (TPSA) is 98.7 Å². The van der Waals surface area contributed by atoms with E-state index in [1.54, 1.807) is 24.3 Å². The van der Waals surface area contributed by atoms with Gasteiger partial charge in [0.05, 0.1) is 5.92 Å². The molecule has 0 aromatic heterocycles. The first-order valence-electron chi connectivity index (χ1n) is 9.74. The lowest BCUT2D eigenvalue weighted by atomic mass is 9.99. The van der Waals surface area contributed by atoms with Crippen LogP contribution in [0, 0.1) is 5.92 Å². The third kappa shape index (κ3) is 5.81. The Kier molecular flexibility index (Phi) is 6.84. The van der Waals surface area contributed by atoms with Crippen LogP contribution in [0.15, 0.2) is 54.6 Å². The number of carbonyl (C=O) groups excluding carboxylic acids is 2. The molecule has 3 N–H and O–H groups in total. The van der Waals surface area contributed by atoms with Crippen LogP contribution < -0.4 is 10.6 Å². The average Bonchev–Trinajstić information content (AvgIpc) is 2.75. The number of carboxylic acid groups (broad SMARTS) is 1. The second-order valence-corrected chi connectivity index (χ2v) is 7.12. The maximum absolute atomic E-state index is 12.4. The quantitative estimate of drug-likeness (QED) is 0.700. The summed E-state index contributed by atoms with van der Waals surface area (Å²) >= 11 is 0. The van der Waals surface area contributed by atoms with Crippen molar-refractivity contribution >= 4 is 23.6 Å². The number of anilines is 1. The average molecular weight is 395 g/mol. The summed E-state index contributed by atoms with van der Waals surface area (Å²) in [6, 6.07) is 16.3. The van der Waals surface area contributed by atoms with Gasteiger partial charge in [0.2, 0.25) is 0 Å². The lowest BCUT2D eigenvalue weighted by Crippen LogP contribution is -2.44. The van der Waals surface area contributed by atoms with Crippen molar-refractivity contribution in [2.24, 2.45) is 5.92 Å². The Morgan fingerprint density at radius 3 is 2.45 bits per heavy atom. The third-order valence-electron chi connectivity index (χ3n) is 5.00. The molecule has 1 atom stereocenters. The zero-order valence-electron chi connectivity index (χ0n) is 16.1. The Hall–Kier alpha value is -3.35. The molecule has 1 saturated heterocycles. The van der Waals surface area contributed by atoms with Crippen molar-refractivity contribution in [1.82, 2.24) is 10.2 Å². The fourth-order valence-electron chi connectivity index (χ4n) is 3.34. The van der Waals surface area contributed by atoms with Gasteiger partial charge in [0.15, 0.2) is 0 Å². The molecule has 7 heteroatoms. The van der Waals surface area contributed by atoms with Crippen LogP contribution in [0.3, 0.4) is 0 Å². The van der Waals surface area contributed by atoms with Crippen molar-refractivity contribution in [3.8, 4) is 0 Å². The molecule has 7 nitrogen and oxygen atoms in total. The van der Waals surface area contributed by atoms with Crippen molar-refractivity contribution < 1.29 is 19.5 Å². The van der Waals surface area contributed by atoms with Gasteiger partial charge in [0.1, 0.15) is 0 Å². The van der Waals surface area contributed by atoms with Crippen LogP contribution >= 0.6 is 0 Å². The zero-order valence-corrected chi connectivity index (χ0v) is 16.1. The van der Waals surface area contributed by atoms with Gasteiger partial charge in [-0.25, -0.2) is 4.79 Å². The first-order valence-corrected chi connectivity index (χ1v) is 9.74. The minimum Gasteiger partial charge on any atom is -0.481 e. The summed E-state index contributed by atoms with van der Waals surface area (Å²) in [4.78, 5) is 37.3. The Bertz CT molecular complexity index is 852. The number of hydrogen-bond acceptors (Lipinski definition) is 3. The van der Waals surface area contributed by atoms with Gasteiger partial charge in [-0.15, -0.1) is 0 Å². The highest BCUT2D eigenvalue weighted by Crippen LogP contribution is 2.18. The number of benzene rings is 2. The van der Waals surface area contributed by atoms with E-state index in [1.807, 2.05) is 30.3 Å². The molecule has 2 aromatic carbocycles. The minimum atomic E-state index is -0.870. The van der Waals surface area contributed by atoms with Crippen LogP contribution in [-0.4, -0.2) is 47.5 Å². The number of urea groups is 1. The van der Waals surface area contributed by atoms with Gasteiger partial charge >= 0.3 is 12.0 Å². The van der Waals surface area contributed by atoms with Crippen LogP contribution in [0.1, 0.15) is 28.8 Å². The highest BCUT2D eigenvalue weighted by molar-refractivity contribution is 5.95. The van der Waals surface area contributed by atoms with Crippen molar-refractivity contribution in [1.29, 1.82) is 0 Å². The Morgan fingerprint density at radius 2 is 1.76 bits per heavy atom. The van der Waals surface area contributed by atoms with E-state index in [1.165, 1.54) is 4.90 Å². The van der Waals surface area contributed by atoms with Gasteiger partial charge in [-0.3, -0.25) is 9.59 Å². The summed E-state index contributed by atoms with van der Waals surface area (Å²) in [6.45, 7) is 1.29. The van der Waals surface area contributed by atoms with Crippen molar-refractivity contribution in [2.75, 3.05) is 25.0 Å². The first kappa shape index (κ1) is 20.4. The van der Waals surface area contributed by atoms with E-state index in [2.05, 4.69) is 10.6 Å². The minimum absolute atomic E-state index is 0.167. The summed E-state index contributed by atoms with van der Waals surface area (Å²) in [6.07, 6.45) is 2.02. The summed E-state index contributed by atoms with van der Waals surface area (Å²) in [5, 5.41) is 14.8. The number of amides is 3. The van der Waals surface area contributed by atoms with E-state index < -0.39 is 11.9 Å². The first-order chi connectivity index (χ1) is 14.0. The van der Waals surface area contributed by atoms with E-state index in [0.29, 0.717) is 37.2 Å². The molecule has 0 saturated carbocycles. The summed E-state index contributed by atoms with van der Waals surface area (Å²) in [5.74, 6) is -1.55. The molecule has 1 aliphatic rings. The fourth-order valence-corrected chi connectivity index (χ4v) is 3.34. The molecule has 29 heavy (non-hydrogen) atoms. The van der Waals surface area contributed by atoms with E-state index in [0.717, 1.165) is 12.0 Å². The predicted molar refractivity (Wildman–Crippen MR) is 110 cm³/mol. The molecule has 1 heterocycles. The smallest absolute Gasteiger partial charge is 0.321 e. The number of likely N-dealkylation sites (tertiary alicyclic amines) is 1. The standard InChI is InChI=1S/C22H25N3O4/c26-20(23-13-12-16-5-2-1-3-6-16)17-8-10-19(11-9-17)24-22(29)25-14-4-7-18(15-25)21(27)28/h1-3,5-6,8-11,18H,4,7,12-15H2,(H,23,26)(H,24,29)(H,27,28). The molecule has 1 fully saturated rings. The highest BCUT2D eigenvalue weighted by Gasteiger charge is 2.28. The predicted octanol–water partition coefficient (Wildman–Crippen LogP) is 2.99. The maximum atomic E-state index is 12.4. The molecule has 1 aliphatic heterocycles. The summed E-state index contributed by atoms with van der Waals surface area (Å²) < 4.78 is 0. The number of nitrogens with zero attached hydrogens (tertiary/aromatic N) is 1. The number of piperidine rings is 1. The number of rotatable bonds is 6. The van der Waals surface area contributed by atoms with E-state index >= 15 is 0 Å². The van der Waals surface area contributed by atoms with Gasteiger partial charge in [-0.2, -0.15) is 0 Å². The molecule has 0 bridgehead atoms. The highest BCUT2D eigenvalue weighted by atomic mass is 16.4. The van der Waals surface area contributed by atoms with Crippen molar-refractivity contribution in [3.63, 3.8) is 0 Å². The SMILES string of the molecule is O=C(NCCc1ccccc1)c1ccc(NC(=O)N2CCCC(C(=O)O)C2)cc1. The molecule has 3 amide bonds. The van der Waals surface area contributed by atoms with Gasteiger partial charge < -0.3 is 20.6 Å². The molecule has 1 unspecified atom stereocenters. The van der Waals surface area contributed by atoms with Crippen LogP contribution in [-0.2, 0) is 11.2 Å². The summed E-state index contributed by atoms with van der Waals surface area (Å²) in [7, 11) is 0. The van der Waals surface area contributed by atoms with E-state index in [-0.39, 0.29) is 18.5 Å². The largest absolute Gasteiger partial charge is 0.481 e. The van der Waals surface area contributed by atoms with E-state index in [9.17, 15) is 14.4 Å². The number of carboxylic acids is 1. The Morgan fingerprint density at radius 1 is 1.03 bits per heavy atom.